The number of carbonyl (C=O) groups is 3. The molecule has 1 aromatic rings. The number of carboxylic acid groups (broad SMARTS) is 1. The third-order valence-electron chi connectivity index (χ3n) is 6.04. The lowest BCUT2D eigenvalue weighted by Crippen LogP contribution is -2.40. The fraction of sp³-hybridized carbons (Fsp3) is 0.591. The molecule has 2 N–H and O–H groups in total. The molecule has 1 saturated carbocycles. The molecule has 1 aliphatic carbocycles. The van der Waals surface area contributed by atoms with Gasteiger partial charge in [-0.3, -0.25) is 14.4 Å². The van der Waals surface area contributed by atoms with Crippen molar-refractivity contribution in [3.8, 4) is 0 Å². The van der Waals surface area contributed by atoms with Gasteiger partial charge in [-0.15, -0.1) is 0 Å². The molecule has 2 aliphatic rings. The van der Waals surface area contributed by atoms with Gasteiger partial charge in [0, 0.05) is 30.8 Å². The molecule has 1 aromatic carbocycles. The Morgan fingerprint density at radius 1 is 1.00 bits per heavy atom. The highest BCUT2D eigenvalue weighted by molar-refractivity contribution is 5.96. The monoisotopic (exact) mass is 386 g/mol. The minimum absolute atomic E-state index is 0.0211. The Morgan fingerprint density at radius 2 is 1.64 bits per heavy atom. The third kappa shape index (κ3) is 5.57. The topological polar surface area (TPSA) is 86.7 Å². The predicted octanol–water partition coefficient (Wildman–Crippen LogP) is 3.92. The fourth-order valence-corrected chi connectivity index (χ4v) is 4.28. The lowest BCUT2D eigenvalue weighted by atomic mass is 9.96. The summed E-state index contributed by atoms with van der Waals surface area (Å²) in [6.45, 7) is 0.935. The highest BCUT2D eigenvalue weighted by Gasteiger charge is 2.27. The Labute approximate surface area is 166 Å². The van der Waals surface area contributed by atoms with Crippen molar-refractivity contribution in [1.29, 1.82) is 0 Å². The largest absolute Gasteiger partial charge is 0.481 e. The van der Waals surface area contributed by atoms with Gasteiger partial charge in [0.05, 0.1) is 5.92 Å². The van der Waals surface area contributed by atoms with Crippen molar-refractivity contribution < 1.29 is 19.5 Å². The van der Waals surface area contributed by atoms with Crippen LogP contribution in [0, 0.1) is 11.8 Å². The maximum absolute atomic E-state index is 12.6. The molecule has 1 saturated heterocycles. The van der Waals surface area contributed by atoms with Gasteiger partial charge in [0.1, 0.15) is 0 Å². The summed E-state index contributed by atoms with van der Waals surface area (Å²) in [6, 6.07) is 6.96. The van der Waals surface area contributed by atoms with Crippen molar-refractivity contribution >= 4 is 23.5 Å². The number of likely N-dealkylation sites (tertiary alicyclic amines) is 1. The minimum atomic E-state index is -0.782. The first-order chi connectivity index (χ1) is 13.5. The lowest BCUT2D eigenvalue weighted by Gasteiger charge is -2.30. The number of carboxylic acids is 1. The second-order valence-electron chi connectivity index (χ2n) is 8.07. The number of anilines is 1. The summed E-state index contributed by atoms with van der Waals surface area (Å²) in [5.41, 5.74) is 1.26. The van der Waals surface area contributed by atoms with Gasteiger partial charge in [-0.25, -0.2) is 0 Å². The number of piperidine rings is 1. The SMILES string of the molecule is O=C(CCCC1CCCC1)Nc1ccc(C(=O)N2CCC(C(=O)O)CC2)cc1. The molecule has 0 radical (unpaired) electrons. The van der Waals surface area contributed by atoms with E-state index in [2.05, 4.69) is 5.32 Å². The van der Waals surface area contributed by atoms with E-state index < -0.39 is 5.97 Å². The van der Waals surface area contributed by atoms with E-state index in [0.29, 0.717) is 43.6 Å². The van der Waals surface area contributed by atoms with Crippen LogP contribution < -0.4 is 5.32 Å². The number of nitrogens with zero attached hydrogens (tertiary/aromatic N) is 1. The first-order valence-electron chi connectivity index (χ1n) is 10.4. The Balaban J connectivity index is 1.43. The highest BCUT2D eigenvalue weighted by Crippen LogP contribution is 2.29. The van der Waals surface area contributed by atoms with Gasteiger partial charge in [0.2, 0.25) is 5.91 Å². The van der Waals surface area contributed by atoms with Crippen LogP contribution in [0.25, 0.3) is 0 Å². The minimum Gasteiger partial charge on any atom is -0.481 e. The van der Waals surface area contributed by atoms with E-state index in [4.69, 9.17) is 5.11 Å². The van der Waals surface area contributed by atoms with E-state index in [0.717, 1.165) is 18.8 Å². The molecule has 1 heterocycles. The molecule has 6 heteroatoms. The second-order valence-corrected chi connectivity index (χ2v) is 8.07. The second kappa shape index (κ2) is 9.71. The van der Waals surface area contributed by atoms with Crippen LogP contribution in [-0.4, -0.2) is 40.9 Å². The number of hydrogen-bond acceptors (Lipinski definition) is 3. The van der Waals surface area contributed by atoms with Gasteiger partial charge in [0.25, 0.3) is 5.91 Å². The first-order valence-corrected chi connectivity index (χ1v) is 10.4. The maximum atomic E-state index is 12.6. The van der Waals surface area contributed by atoms with Crippen LogP contribution in [0.5, 0.6) is 0 Å². The lowest BCUT2D eigenvalue weighted by molar-refractivity contribution is -0.143. The van der Waals surface area contributed by atoms with E-state index in [1.54, 1.807) is 29.2 Å². The number of benzene rings is 1. The molecule has 152 valence electrons. The fourth-order valence-electron chi connectivity index (χ4n) is 4.28. The van der Waals surface area contributed by atoms with Gasteiger partial charge < -0.3 is 15.3 Å². The molecule has 1 aliphatic heterocycles. The van der Waals surface area contributed by atoms with Gasteiger partial charge in [0.15, 0.2) is 0 Å². The van der Waals surface area contributed by atoms with Crippen LogP contribution in [0.1, 0.15) is 68.1 Å². The molecule has 28 heavy (non-hydrogen) atoms. The summed E-state index contributed by atoms with van der Waals surface area (Å²) < 4.78 is 0. The Kier molecular flexibility index (Phi) is 7.06. The van der Waals surface area contributed by atoms with Crippen molar-refractivity contribution in [2.75, 3.05) is 18.4 Å². The van der Waals surface area contributed by atoms with Crippen molar-refractivity contribution in [2.45, 2.75) is 57.8 Å². The number of carbonyl (C=O) groups excluding carboxylic acids is 2. The molecule has 0 bridgehead atoms. The average molecular weight is 386 g/mol. The average Bonchev–Trinajstić information content (AvgIpc) is 3.21. The highest BCUT2D eigenvalue weighted by atomic mass is 16.4. The van der Waals surface area contributed by atoms with E-state index >= 15 is 0 Å². The number of aliphatic carboxylic acids is 1. The van der Waals surface area contributed by atoms with Crippen LogP contribution in [-0.2, 0) is 9.59 Å². The zero-order valence-corrected chi connectivity index (χ0v) is 16.4. The molecule has 2 fully saturated rings. The number of rotatable bonds is 7. The van der Waals surface area contributed by atoms with Gasteiger partial charge in [-0.1, -0.05) is 25.7 Å². The van der Waals surface area contributed by atoms with Crippen LogP contribution in [0.3, 0.4) is 0 Å². The quantitative estimate of drug-likeness (QED) is 0.743. The van der Waals surface area contributed by atoms with Crippen LogP contribution in [0.2, 0.25) is 0 Å². The molecular weight excluding hydrogens is 356 g/mol. The number of nitrogens with one attached hydrogen (secondary N) is 1. The van der Waals surface area contributed by atoms with Crippen molar-refractivity contribution in [2.24, 2.45) is 11.8 Å². The molecule has 0 spiro atoms. The summed E-state index contributed by atoms with van der Waals surface area (Å²) in [7, 11) is 0. The molecule has 0 unspecified atom stereocenters. The smallest absolute Gasteiger partial charge is 0.306 e. The summed E-state index contributed by atoms with van der Waals surface area (Å²) in [5, 5.41) is 12.0. The normalized spacial score (nSPS) is 18.2. The molecule has 6 nitrogen and oxygen atoms in total. The summed E-state index contributed by atoms with van der Waals surface area (Å²) in [4.78, 5) is 37.4. The Hall–Kier alpha value is -2.37. The van der Waals surface area contributed by atoms with Gasteiger partial charge >= 0.3 is 5.97 Å². The van der Waals surface area contributed by atoms with Gasteiger partial charge in [-0.05, 0) is 55.9 Å². The summed E-state index contributed by atoms with van der Waals surface area (Å²) in [6.07, 6.45) is 8.88. The third-order valence-corrected chi connectivity index (χ3v) is 6.04. The Morgan fingerprint density at radius 3 is 2.25 bits per heavy atom. The maximum Gasteiger partial charge on any atom is 0.306 e. The van der Waals surface area contributed by atoms with Crippen LogP contribution in [0.15, 0.2) is 24.3 Å². The number of amides is 2. The van der Waals surface area contributed by atoms with Crippen molar-refractivity contribution in [1.82, 2.24) is 4.90 Å². The van der Waals surface area contributed by atoms with Gasteiger partial charge in [-0.2, -0.15) is 0 Å². The van der Waals surface area contributed by atoms with E-state index in [1.165, 1.54) is 25.7 Å². The zero-order valence-electron chi connectivity index (χ0n) is 16.4. The first kappa shape index (κ1) is 20.4. The van der Waals surface area contributed by atoms with Crippen molar-refractivity contribution in [3.05, 3.63) is 29.8 Å². The molecule has 0 aromatic heterocycles. The number of hydrogen-bond donors (Lipinski definition) is 2. The molecule has 2 amide bonds. The molecule has 0 atom stereocenters. The zero-order chi connectivity index (χ0) is 19.9. The van der Waals surface area contributed by atoms with Crippen molar-refractivity contribution in [3.63, 3.8) is 0 Å². The molecular formula is C22H30N2O4. The van der Waals surface area contributed by atoms with Crippen LogP contribution in [0.4, 0.5) is 5.69 Å². The van der Waals surface area contributed by atoms with Crippen LogP contribution >= 0.6 is 0 Å². The standard InChI is InChI=1S/C22H30N2O4/c25-20(7-3-6-16-4-1-2-5-16)23-19-10-8-17(9-11-19)21(26)24-14-12-18(13-15-24)22(27)28/h8-11,16,18H,1-7,12-15H2,(H,23,25)(H,27,28). The predicted molar refractivity (Wildman–Crippen MR) is 107 cm³/mol. The Bertz CT molecular complexity index is 687. The summed E-state index contributed by atoms with van der Waals surface area (Å²) in [5.74, 6) is -0.393. The van der Waals surface area contributed by atoms with E-state index in [-0.39, 0.29) is 17.7 Å². The molecule has 3 rings (SSSR count). The van der Waals surface area contributed by atoms with E-state index in [9.17, 15) is 14.4 Å². The summed E-state index contributed by atoms with van der Waals surface area (Å²) >= 11 is 0. The van der Waals surface area contributed by atoms with E-state index in [1.807, 2.05) is 0 Å².